The van der Waals surface area contributed by atoms with Gasteiger partial charge in [0.05, 0.1) is 6.10 Å². The molecule has 1 saturated carbocycles. The van der Waals surface area contributed by atoms with Crippen molar-refractivity contribution in [2.24, 2.45) is 5.92 Å². The van der Waals surface area contributed by atoms with Gasteiger partial charge >= 0.3 is 11.8 Å². The lowest BCUT2D eigenvalue weighted by atomic mass is 9.86. The van der Waals surface area contributed by atoms with E-state index in [1.165, 1.54) is 0 Å². The van der Waals surface area contributed by atoms with Crippen LogP contribution in [0.2, 0.25) is 0 Å². The molecule has 0 spiro atoms. The summed E-state index contributed by atoms with van der Waals surface area (Å²) in [6, 6.07) is 3.94. The van der Waals surface area contributed by atoms with Gasteiger partial charge < -0.3 is 15.7 Å². The molecule has 0 radical (unpaired) electrons. The first-order valence-corrected chi connectivity index (χ1v) is 8.23. The van der Waals surface area contributed by atoms with E-state index in [1.807, 2.05) is 32.9 Å². The minimum atomic E-state index is -0.662. The zero-order valence-corrected chi connectivity index (χ0v) is 14.1. The van der Waals surface area contributed by atoms with E-state index in [2.05, 4.69) is 10.6 Å². The second-order valence-electron chi connectivity index (χ2n) is 6.55. The number of carbonyl (C=O) groups excluding carboxylic acids is 2. The molecular formula is C18H26N2O3. The van der Waals surface area contributed by atoms with E-state index >= 15 is 0 Å². The molecule has 1 aliphatic rings. The Balaban J connectivity index is 1.91. The highest BCUT2D eigenvalue weighted by Crippen LogP contribution is 2.24. The van der Waals surface area contributed by atoms with E-state index in [9.17, 15) is 14.7 Å². The summed E-state index contributed by atoms with van der Waals surface area (Å²) in [6.45, 7) is 6.16. The molecule has 3 N–H and O–H groups in total. The van der Waals surface area contributed by atoms with Crippen molar-refractivity contribution < 1.29 is 14.7 Å². The highest BCUT2D eigenvalue weighted by atomic mass is 16.3. The Labute approximate surface area is 137 Å². The summed E-state index contributed by atoms with van der Waals surface area (Å²) >= 11 is 0. The number of carbonyl (C=O) groups is 2. The molecule has 23 heavy (non-hydrogen) atoms. The Morgan fingerprint density at radius 1 is 1.09 bits per heavy atom. The average Bonchev–Trinajstić information content (AvgIpc) is 2.49. The van der Waals surface area contributed by atoms with Gasteiger partial charge in [0, 0.05) is 18.2 Å². The first-order chi connectivity index (χ1) is 10.9. The quantitative estimate of drug-likeness (QED) is 0.748. The fourth-order valence-corrected chi connectivity index (χ4v) is 3.28. The number of nitrogens with one attached hydrogen (secondary N) is 2. The van der Waals surface area contributed by atoms with Crippen LogP contribution in [0, 0.1) is 26.7 Å². The van der Waals surface area contributed by atoms with E-state index in [0.29, 0.717) is 12.2 Å². The number of hydrogen-bond acceptors (Lipinski definition) is 3. The van der Waals surface area contributed by atoms with Gasteiger partial charge in [0.1, 0.15) is 0 Å². The van der Waals surface area contributed by atoms with E-state index in [-0.39, 0.29) is 12.0 Å². The van der Waals surface area contributed by atoms with Crippen LogP contribution < -0.4 is 10.6 Å². The summed E-state index contributed by atoms with van der Waals surface area (Å²) in [6.07, 6.45) is 3.37. The molecule has 126 valence electrons. The molecule has 0 unspecified atom stereocenters. The lowest BCUT2D eigenvalue weighted by Gasteiger charge is -2.27. The molecule has 2 amide bonds. The number of amides is 2. The SMILES string of the molecule is Cc1cc(C)c(NC(=O)C(=O)NC[C@H]2CCCC[C@H]2O)c(C)c1. The van der Waals surface area contributed by atoms with E-state index in [1.54, 1.807) is 0 Å². The Kier molecular flexibility index (Phi) is 5.77. The molecule has 2 rings (SSSR count). The number of benzene rings is 1. The van der Waals surface area contributed by atoms with Gasteiger partial charge in [0.15, 0.2) is 0 Å². The Bertz CT molecular complexity index is 575. The average molecular weight is 318 g/mol. The molecule has 2 atom stereocenters. The van der Waals surface area contributed by atoms with Gasteiger partial charge in [-0.2, -0.15) is 0 Å². The maximum atomic E-state index is 12.1. The first kappa shape index (κ1) is 17.5. The number of aliphatic hydroxyl groups excluding tert-OH is 1. The number of anilines is 1. The van der Waals surface area contributed by atoms with Crippen LogP contribution in [0.25, 0.3) is 0 Å². The van der Waals surface area contributed by atoms with Crippen molar-refractivity contribution >= 4 is 17.5 Å². The third-order valence-corrected chi connectivity index (χ3v) is 4.52. The van der Waals surface area contributed by atoms with Gasteiger partial charge in [-0.3, -0.25) is 9.59 Å². The van der Waals surface area contributed by atoms with Crippen LogP contribution in [0.5, 0.6) is 0 Å². The predicted molar refractivity (Wildman–Crippen MR) is 90.3 cm³/mol. The van der Waals surface area contributed by atoms with Crippen LogP contribution in [0.3, 0.4) is 0 Å². The van der Waals surface area contributed by atoms with Crippen molar-refractivity contribution in [2.75, 3.05) is 11.9 Å². The van der Waals surface area contributed by atoms with Crippen molar-refractivity contribution in [2.45, 2.75) is 52.6 Å². The number of hydrogen-bond donors (Lipinski definition) is 3. The van der Waals surface area contributed by atoms with Crippen LogP contribution in [0.15, 0.2) is 12.1 Å². The fourth-order valence-electron chi connectivity index (χ4n) is 3.28. The number of rotatable bonds is 3. The van der Waals surface area contributed by atoms with Gasteiger partial charge in [0.2, 0.25) is 0 Å². The topological polar surface area (TPSA) is 78.4 Å². The molecule has 0 heterocycles. The number of aryl methyl sites for hydroxylation is 3. The molecule has 0 aromatic heterocycles. The highest BCUT2D eigenvalue weighted by molar-refractivity contribution is 6.39. The van der Waals surface area contributed by atoms with Crippen molar-refractivity contribution in [3.8, 4) is 0 Å². The van der Waals surface area contributed by atoms with Gasteiger partial charge in [-0.1, -0.05) is 30.5 Å². The highest BCUT2D eigenvalue weighted by Gasteiger charge is 2.24. The number of aliphatic hydroxyl groups is 1. The monoisotopic (exact) mass is 318 g/mol. The molecule has 0 saturated heterocycles. The molecular weight excluding hydrogens is 292 g/mol. The van der Waals surface area contributed by atoms with E-state index in [4.69, 9.17) is 0 Å². The van der Waals surface area contributed by atoms with Crippen LogP contribution in [0.4, 0.5) is 5.69 Å². The summed E-state index contributed by atoms with van der Waals surface area (Å²) in [4.78, 5) is 24.1. The van der Waals surface area contributed by atoms with Gasteiger partial charge in [-0.25, -0.2) is 0 Å². The third-order valence-electron chi connectivity index (χ3n) is 4.52. The molecule has 1 aromatic carbocycles. The van der Waals surface area contributed by atoms with Crippen molar-refractivity contribution in [1.82, 2.24) is 5.32 Å². The van der Waals surface area contributed by atoms with Crippen LogP contribution in [-0.4, -0.2) is 29.6 Å². The zero-order chi connectivity index (χ0) is 17.0. The summed E-state index contributed by atoms with van der Waals surface area (Å²) < 4.78 is 0. The largest absolute Gasteiger partial charge is 0.393 e. The minimum absolute atomic E-state index is 0.0448. The smallest absolute Gasteiger partial charge is 0.313 e. The Hall–Kier alpha value is -1.88. The summed E-state index contributed by atoms with van der Waals surface area (Å²) in [5, 5.41) is 15.2. The van der Waals surface area contributed by atoms with Crippen molar-refractivity contribution in [3.63, 3.8) is 0 Å². The fraction of sp³-hybridized carbons (Fsp3) is 0.556. The van der Waals surface area contributed by atoms with E-state index < -0.39 is 11.8 Å². The molecule has 5 heteroatoms. The first-order valence-electron chi connectivity index (χ1n) is 8.23. The second kappa shape index (κ2) is 7.59. The van der Waals surface area contributed by atoms with Gasteiger partial charge in [0.25, 0.3) is 0 Å². The van der Waals surface area contributed by atoms with Gasteiger partial charge in [-0.05, 0) is 44.7 Å². The maximum absolute atomic E-state index is 12.1. The molecule has 0 bridgehead atoms. The van der Waals surface area contributed by atoms with Crippen LogP contribution >= 0.6 is 0 Å². The standard InChI is InChI=1S/C18H26N2O3/c1-11-8-12(2)16(13(3)9-11)20-18(23)17(22)19-10-14-6-4-5-7-15(14)21/h8-9,14-15,21H,4-7,10H2,1-3H3,(H,19,22)(H,20,23)/t14-,15-/m1/s1. The molecule has 1 aliphatic carbocycles. The van der Waals surface area contributed by atoms with Crippen LogP contribution in [0.1, 0.15) is 42.4 Å². The third kappa shape index (κ3) is 4.55. The summed E-state index contributed by atoms with van der Waals surface area (Å²) in [5.74, 6) is -1.27. The molecule has 0 aliphatic heterocycles. The zero-order valence-electron chi connectivity index (χ0n) is 14.1. The second-order valence-corrected chi connectivity index (χ2v) is 6.55. The van der Waals surface area contributed by atoms with Crippen LogP contribution in [-0.2, 0) is 9.59 Å². The van der Waals surface area contributed by atoms with Crippen molar-refractivity contribution in [3.05, 3.63) is 28.8 Å². The summed E-state index contributed by atoms with van der Waals surface area (Å²) in [7, 11) is 0. The lowest BCUT2D eigenvalue weighted by Crippen LogP contribution is -2.41. The predicted octanol–water partition coefficient (Wildman–Crippen LogP) is 2.22. The molecule has 5 nitrogen and oxygen atoms in total. The lowest BCUT2D eigenvalue weighted by molar-refractivity contribution is -0.136. The molecule has 1 fully saturated rings. The van der Waals surface area contributed by atoms with Gasteiger partial charge in [-0.15, -0.1) is 0 Å². The maximum Gasteiger partial charge on any atom is 0.313 e. The minimum Gasteiger partial charge on any atom is -0.393 e. The summed E-state index contributed by atoms with van der Waals surface area (Å²) in [5.41, 5.74) is 3.68. The normalized spacial score (nSPS) is 20.9. The van der Waals surface area contributed by atoms with E-state index in [0.717, 1.165) is 42.4 Å². The van der Waals surface area contributed by atoms with Crippen molar-refractivity contribution in [1.29, 1.82) is 0 Å². The Morgan fingerprint density at radius 2 is 1.70 bits per heavy atom. The Morgan fingerprint density at radius 3 is 2.30 bits per heavy atom. The molecule has 1 aromatic rings.